The minimum atomic E-state index is -0.271. The second kappa shape index (κ2) is 8.28. The maximum absolute atomic E-state index is 13.2. The maximum atomic E-state index is 13.2. The van der Waals surface area contributed by atoms with E-state index in [1.165, 1.54) is 0 Å². The summed E-state index contributed by atoms with van der Waals surface area (Å²) >= 11 is 0. The predicted molar refractivity (Wildman–Crippen MR) is 104 cm³/mol. The Morgan fingerprint density at radius 1 is 1.44 bits per heavy atom. The number of pyridine rings is 1. The highest BCUT2D eigenvalue weighted by atomic mass is 16.5. The van der Waals surface area contributed by atoms with E-state index in [1.807, 2.05) is 21.0 Å². The summed E-state index contributed by atoms with van der Waals surface area (Å²) in [7, 11) is 4.00. The molecule has 3 rings (SSSR count). The molecule has 0 aromatic carbocycles. The number of aliphatic hydroxyl groups is 1. The molecule has 0 unspecified atom stereocenters. The molecule has 1 N–H and O–H groups in total. The number of hydrogen-bond donors (Lipinski definition) is 1. The van der Waals surface area contributed by atoms with Crippen molar-refractivity contribution in [2.45, 2.75) is 38.8 Å². The van der Waals surface area contributed by atoms with E-state index in [0.717, 1.165) is 24.9 Å². The summed E-state index contributed by atoms with van der Waals surface area (Å²) in [6.45, 7) is 5.09. The molecule has 3 atom stereocenters. The van der Waals surface area contributed by atoms with Gasteiger partial charge in [-0.25, -0.2) is 4.98 Å². The van der Waals surface area contributed by atoms with Crippen molar-refractivity contribution < 1.29 is 14.6 Å². The quantitative estimate of drug-likeness (QED) is 0.815. The average molecular weight is 371 g/mol. The third-order valence-electron chi connectivity index (χ3n) is 5.06. The molecule has 1 aliphatic heterocycles. The van der Waals surface area contributed by atoms with Crippen LogP contribution in [0.5, 0.6) is 5.88 Å². The first-order chi connectivity index (χ1) is 12.9. The van der Waals surface area contributed by atoms with Crippen LogP contribution in [0.15, 0.2) is 12.3 Å². The molecule has 1 aliphatic carbocycles. The summed E-state index contributed by atoms with van der Waals surface area (Å²) in [4.78, 5) is 21.4. The van der Waals surface area contributed by atoms with Crippen LogP contribution in [-0.2, 0) is 0 Å². The predicted octanol–water partition coefficient (Wildman–Crippen LogP) is 1.62. The number of aromatic nitrogens is 1. The van der Waals surface area contributed by atoms with E-state index >= 15 is 0 Å². The fraction of sp³-hybridized carbons (Fsp3) is 0.619. The van der Waals surface area contributed by atoms with E-state index in [9.17, 15) is 9.90 Å². The summed E-state index contributed by atoms with van der Waals surface area (Å²) in [6.07, 6.45) is 3.88. The fourth-order valence-corrected chi connectivity index (χ4v) is 3.16. The standard InChI is InChI=1S/C21H29N3O3/c1-14-11-24(15(2)13-25)21(26)18-9-17(8-7-16-5-6-16)10-22-20(18)27-19(14)12-23(3)4/h9-10,14-16,19,25H,5-6,11-13H2,1-4H3/t14-,15-,19+/m1/s1. The summed E-state index contributed by atoms with van der Waals surface area (Å²) in [6, 6.07) is 1.51. The molecule has 1 saturated carbocycles. The molecule has 146 valence electrons. The van der Waals surface area contributed by atoms with Crippen LogP contribution in [0.4, 0.5) is 0 Å². The SMILES string of the molecule is C[C@@H]1CN([C@H](C)CO)C(=O)c2cc(C#CC3CC3)cnc2O[C@H]1CN(C)C. The molecule has 1 amide bonds. The second-order valence-electron chi connectivity index (χ2n) is 8.01. The summed E-state index contributed by atoms with van der Waals surface area (Å²) in [5.74, 6) is 7.11. The monoisotopic (exact) mass is 371 g/mol. The van der Waals surface area contributed by atoms with Crippen LogP contribution in [-0.4, -0.2) is 71.7 Å². The zero-order valence-electron chi connectivity index (χ0n) is 16.6. The van der Waals surface area contributed by atoms with Gasteiger partial charge in [-0.2, -0.15) is 0 Å². The van der Waals surface area contributed by atoms with E-state index in [1.54, 1.807) is 17.2 Å². The Morgan fingerprint density at radius 3 is 2.81 bits per heavy atom. The molecule has 1 fully saturated rings. The second-order valence-corrected chi connectivity index (χ2v) is 8.01. The van der Waals surface area contributed by atoms with Crippen LogP contribution in [0.2, 0.25) is 0 Å². The Bertz CT molecular complexity index is 749. The minimum absolute atomic E-state index is 0.0817. The van der Waals surface area contributed by atoms with E-state index in [0.29, 0.717) is 23.9 Å². The number of ether oxygens (including phenoxy) is 1. The van der Waals surface area contributed by atoms with Crippen LogP contribution in [0.1, 0.15) is 42.6 Å². The molecule has 27 heavy (non-hydrogen) atoms. The van der Waals surface area contributed by atoms with Crippen molar-refractivity contribution in [1.29, 1.82) is 0 Å². The van der Waals surface area contributed by atoms with Gasteiger partial charge in [-0.3, -0.25) is 4.79 Å². The molecular formula is C21H29N3O3. The van der Waals surface area contributed by atoms with Gasteiger partial charge in [0.15, 0.2) is 0 Å². The van der Waals surface area contributed by atoms with Crippen molar-refractivity contribution in [2.75, 3.05) is 33.8 Å². The van der Waals surface area contributed by atoms with Gasteiger partial charge in [-0.15, -0.1) is 0 Å². The number of amides is 1. The van der Waals surface area contributed by atoms with Gasteiger partial charge in [0.05, 0.1) is 12.6 Å². The molecule has 6 heteroatoms. The normalized spacial score (nSPS) is 23.6. The van der Waals surface area contributed by atoms with Crippen LogP contribution in [0.25, 0.3) is 0 Å². The Hall–Kier alpha value is -2.10. The summed E-state index contributed by atoms with van der Waals surface area (Å²) in [5.41, 5.74) is 1.15. The van der Waals surface area contributed by atoms with Gasteiger partial charge < -0.3 is 19.6 Å². The Kier molecular flexibility index (Phi) is 6.03. The van der Waals surface area contributed by atoms with Crippen LogP contribution < -0.4 is 4.74 Å². The first-order valence-electron chi connectivity index (χ1n) is 9.63. The topological polar surface area (TPSA) is 65.9 Å². The lowest BCUT2D eigenvalue weighted by atomic mass is 10.00. The van der Waals surface area contributed by atoms with Gasteiger partial charge in [-0.1, -0.05) is 18.8 Å². The number of hydrogen-bond acceptors (Lipinski definition) is 5. The molecule has 0 spiro atoms. The third-order valence-corrected chi connectivity index (χ3v) is 5.06. The maximum Gasteiger partial charge on any atom is 0.259 e. The number of carbonyl (C=O) groups excluding carboxylic acids is 1. The summed E-state index contributed by atoms with van der Waals surface area (Å²) < 4.78 is 6.17. The van der Waals surface area contributed by atoms with Gasteiger partial charge in [-0.05, 0) is 39.9 Å². The highest BCUT2D eigenvalue weighted by Crippen LogP contribution is 2.29. The van der Waals surface area contributed by atoms with Gasteiger partial charge >= 0.3 is 0 Å². The van der Waals surface area contributed by atoms with E-state index in [-0.39, 0.29) is 30.6 Å². The molecule has 1 aromatic heterocycles. The van der Waals surface area contributed by atoms with Crippen molar-refractivity contribution in [1.82, 2.24) is 14.8 Å². The van der Waals surface area contributed by atoms with E-state index in [4.69, 9.17) is 4.74 Å². The zero-order chi connectivity index (χ0) is 19.6. The Morgan fingerprint density at radius 2 is 2.19 bits per heavy atom. The first-order valence-corrected chi connectivity index (χ1v) is 9.63. The molecule has 2 heterocycles. The fourth-order valence-electron chi connectivity index (χ4n) is 3.16. The molecule has 0 saturated heterocycles. The van der Waals surface area contributed by atoms with Crippen molar-refractivity contribution in [3.63, 3.8) is 0 Å². The van der Waals surface area contributed by atoms with E-state index < -0.39 is 0 Å². The van der Waals surface area contributed by atoms with Crippen LogP contribution in [0.3, 0.4) is 0 Å². The molecule has 2 aliphatic rings. The molecule has 6 nitrogen and oxygen atoms in total. The van der Waals surface area contributed by atoms with E-state index in [2.05, 4.69) is 28.6 Å². The number of carbonyl (C=O) groups is 1. The highest BCUT2D eigenvalue weighted by Gasteiger charge is 2.33. The number of nitrogens with zero attached hydrogens (tertiary/aromatic N) is 3. The first kappa shape index (κ1) is 19.7. The molecule has 0 bridgehead atoms. The van der Waals surface area contributed by atoms with Crippen molar-refractivity contribution in [2.24, 2.45) is 11.8 Å². The lowest BCUT2D eigenvalue weighted by Crippen LogP contribution is -2.49. The molecule has 1 aromatic rings. The lowest BCUT2D eigenvalue weighted by molar-refractivity contribution is 0.0348. The highest BCUT2D eigenvalue weighted by molar-refractivity contribution is 5.97. The van der Waals surface area contributed by atoms with Gasteiger partial charge in [0.1, 0.15) is 11.7 Å². The number of fused-ring (bicyclic) bond motifs is 1. The molecular weight excluding hydrogens is 342 g/mol. The summed E-state index contributed by atoms with van der Waals surface area (Å²) in [5, 5.41) is 9.65. The van der Waals surface area contributed by atoms with Crippen LogP contribution in [0, 0.1) is 23.7 Å². The number of aliphatic hydroxyl groups excluding tert-OH is 1. The van der Waals surface area contributed by atoms with Gasteiger partial charge in [0.2, 0.25) is 5.88 Å². The molecule has 0 radical (unpaired) electrons. The lowest BCUT2D eigenvalue weighted by Gasteiger charge is -2.37. The van der Waals surface area contributed by atoms with Crippen molar-refractivity contribution in [3.8, 4) is 17.7 Å². The van der Waals surface area contributed by atoms with Crippen molar-refractivity contribution >= 4 is 5.91 Å². The van der Waals surface area contributed by atoms with Crippen LogP contribution >= 0.6 is 0 Å². The number of rotatable bonds is 4. The van der Waals surface area contributed by atoms with Crippen molar-refractivity contribution in [3.05, 3.63) is 23.4 Å². The Labute approximate surface area is 161 Å². The largest absolute Gasteiger partial charge is 0.472 e. The Balaban J connectivity index is 1.98. The van der Waals surface area contributed by atoms with Gasteiger partial charge in [0.25, 0.3) is 5.91 Å². The minimum Gasteiger partial charge on any atom is -0.472 e. The smallest absolute Gasteiger partial charge is 0.259 e. The number of likely N-dealkylation sites (N-methyl/N-ethyl adjacent to an activating group) is 1. The third kappa shape index (κ3) is 4.79. The average Bonchev–Trinajstić information content (AvgIpc) is 3.46. The van der Waals surface area contributed by atoms with Gasteiger partial charge in [0, 0.05) is 36.7 Å². The zero-order valence-corrected chi connectivity index (χ0v) is 16.6.